The highest BCUT2D eigenvalue weighted by molar-refractivity contribution is 5.84. The van der Waals surface area contributed by atoms with Crippen LogP contribution in [0.1, 0.15) is 36.5 Å². The zero-order valence-electron chi connectivity index (χ0n) is 14.4. The second kappa shape index (κ2) is 6.97. The van der Waals surface area contributed by atoms with Gasteiger partial charge in [-0.05, 0) is 33.3 Å². The molecular weight excluding hydrogens is 308 g/mol. The van der Waals surface area contributed by atoms with Crippen molar-refractivity contribution in [3.8, 4) is 0 Å². The highest BCUT2D eigenvalue weighted by atomic mass is 16.7. The first kappa shape index (κ1) is 17.9. The molecule has 0 radical (unpaired) electrons. The number of hydrogen-bond donors (Lipinski definition) is 1. The van der Waals surface area contributed by atoms with Crippen LogP contribution in [-0.4, -0.2) is 26.2 Å². The Labute approximate surface area is 140 Å². The van der Waals surface area contributed by atoms with Gasteiger partial charge in [0.1, 0.15) is 17.9 Å². The maximum absolute atomic E-state index is 12.4. The van der Waals surface area contributed by atoms with Gasteiger partial charge in [0.25, 0.3) is 0 Å². The molecule has 6 heteroatoms. The summed E-state index contributed by atoms with van der Waals surface area (Å²) in [5.74, 6) is -0.385. The number of nitrogens with zero attached hydrogens (tertiary/aromatic N) is 2. The van der Waals surface area contributed by atoms with Crippen molar-refractivity contribution in [2.45, 2.75) is 46.3 Å². The molecule has 0 fully saturated rings. The topological polar surface area (TPSA) is 81.4 Å². The van der Waals surface area contributed by atoms with E-state index in [0.717, 1.165) is 10.3 Å². The summed E-state index contributed by atoms with van der Waals surface area (Å²) >= 11 is 0. The fourth-order valence-corrected chi connectivity index (χ4v) is 2.28. The van der Waals surface area contributed by atoms with E-state index in [1.54, 1.807) is 13.8 Å². The van der Waals surface area contributed by atoms with Gasteiger partial charge in [0.05, 0.1) is 11.4 Å². The fraction of sp³-hybridized carbons (Fsp3) is 0.389. The quantitative estimate of drug-likeness (QED) is 0.865. The van der Waals surface area contributed by atoms with Crippen molar-refractivity contribution in [1.29, 1.82) is 0 Å². The van der Waals surface area contributed by atoms with E-state index in [1.807, 2.05) is 30.3 Å². The number of carbonyl (C=O) groups excluding carboxylic acids is 1. The molecule has 1 aromatic heterocycles. The predicted molar refractivity (Wildman–Crippen MR) is 89.7 cm³/mol. The number of aromatic nitrogens is 2. The van der Waals surface area contributed by atoms with Crippen molar-refractivity contribution in [3.63, 3.8) is 0 Å². The van der Waals surface area contributed by atoms with E-state index in [0.29, 0.717) is 17.1 Å². The molecule has 24 heavy (non-hydrogen) atoms. The first-order chi connectivity index (χ1) is 11.2. The molecule has 0 amide bonds. The Hall–Kier alpha value is -2.47. The van der Waals surface area contributed by atoms with Gasteiger partial charge in [-0.25, -0.2) is 0 Å². The van der Waals surface area contributed by atoms with Crippen molar-refractivity contribution >= 4 is 5.78 Å². The van der Waals surface area contributed by atoms with Crippen molar-refractivity contribution < 1.29 is 14.7 Å². The number of hydrogen-bond acceptors (Lipinski definition) is 5. The Morgan fingerprint density at radius 1 is 1.25 bits per heavy atom. The van der Waals surface area contributed by atoms with Crippen LogP contribution in [0.3, 0.4) is 0 Å². The lowest BCUT2D eigenvalue weighted by Crippen LogP contribution is -2.41. The van der Waals surface area contributed by atoms with E-state index in [4.69, 9.17) is 4.84 Å². The highest BCUT2D eigenvalue weighted by Crippen LogP contribution is 2.16. The van der Waals surface area contributed by atoms with E-state index < -0.39 is 11.2 Å². The minimum absolute atomic E-state index is 0.0501. The van der Waals surface area contributed by atoms with Crippen LogP contribution in [0.4, 0.5) is 0 Å². The third-order valence-corrected chi connectivity index (χ3v) is 3.97. The molecule has 0 spiro atoms. The van der Waals surface area contributed by atoms with Crippen LogP contribution in [0.25, 0.3) is 0 Å². The predicted octanol–water partition coefficient (Wildman–Crippen LogP) is 1.37. The number of Topliss-reactive ketones (excluding diaryl/α,β-unsaturated/α-hetero) is 1. The molecule has 0 aliphatic rings. The Morgan fingerprint density at radius 2 is 1.88 bits per heavy atom. The third kappa shape index (κ3) is 3.89. The van der Waals surface area contributed by atoms with Crippen molar-refractivity contribution in [2.75, 3.05) is 0 Å². The monoisotopic (exact) mass is 330 g/mol. The molecule has 1 heterocycles. The summed E-state index contributed by atoms with van der Waals surface area (Å²) in [7, 11) is 0. The number of aryl methyl sites for hydroxylation is 2. The van der Waals surface area contributed by atoms with Crippen molar-refractivity contribution in [2.24, 2.45) is 0 Å². The lowest BCUT2D eigenvalue weighted by atomic mass is 9.95. The second-order valence-corrected chi connectivity index (χ2v) is 6.09. The van der Waals surface area contributed by atoms with E-state index in [1.165, 1.54) is 13.8 Å². The summed E-state index contributed by atoms with van der Waals surface area (Å²) in [5.41, 5.74) is 0.147. The molecular formula is C18H22N2O4. The summed E-state index contributed by atoms with van der Waals surface area (Å²) < 4.78 is 1.14. The molecule has 1 unspecified atom stereocenters. The molecule has 1 atom stereocenters. The molecule has 128 valence electrons. The lowest BCUT2D eigenvalue weighted by Gasteiger charge is -2.23. The van der Waals surface area contributed by atoms with E-state index >= 15 is 0 Å². The number of carbonyl (C=O) groups is 1. The molecule has 1 aromatic carbocycles. The van der Waals surface area contributed by atoms with Gasteiger partial charge < -0.3 is 9.94 Å². The average molecular weight is 330 g/mol. The zero-order valence-corrected chi connectivity index (χ0v) is 14.4. The van der Waals surface area contributed by atoms with Crippen LogP contribution < -0.4 is 10.4 Å². The molecule has 2 rings (SSSR count). The summed E-state index contributed by atoms with van der Waals surface area (Å²) in [4.78, 5) is 33.9. The van der Waals surface area contributed by atoms with Gasteiger partial charge in [-0.2, -0.15) is 0 Å². The van der Waals surface area contributed by atoms with Gasteiger partial charge in [0.2, 0.25) is 0 Å². The van der Waals surface area contributed by atoms with Crippen LogP contribution in [0.2, 0.25) is 0 Å². The Morgan fingerprint density at radius 3 is 2.46 bits per heavy atom. The van der Waals surface area contributed by atoms with Gasteiger partial charge in [0.15, 0.2) is 5.78 Å². The average Bonchev–Trinajstić information content (AvgIpc) is 2.53. The maximum atomic E-state index is 12.4. The minimum Gasteiger partial charge on any atom is -0.406 e. The number of aliphatic hydroxyl groups is 1. The third-order valence-electron chi connectivity index (χ3n) is 3.97. The highest BCUT2D eigenvalue weighted by Gasteiger charge is 2.30. The molecule has 2 aromatic rings. The summed E-state index contributed by atoms with van der Waals surface area (Å²) in [6, 6.07) is 9.43. The second-order valence-electron chi connectivity index (χ2n) is 6.09. The largest absolute Gasteiger partial charge is 0.406 e. The van der Waals surface area contributed by atoms with Gasteiger partial charge in [-0.15, -0.1) is 4.73 Å². The smallest absolute Gasteiger partial charge is 0.304 e. The van der Waals surface area contributed by atoms with Crippen LogP contribution in [0.5, 0.6) is 0 Å². The van der Waals surface area contributed by atoms with Crippen LogP contribution >= 0.6 is 0 Å². The van der Waals surface area contributed by atoms with Gasteiger partial charge in [-0.3, -0.25) is 14.6 Å². The Balaban J connectivity index is 2.41. The maximum Gasteiger partial charge on any atom is 0.304 e. The summed E-state index contributed by atoms with van der Waals surface area (Å²) in [6.45, 7) is 6.24. The first-order valence-electron chi connectivity index (χ1n) is 7.72. The van der Waals surface area contributed by atoms with Gasteiger partial charge in [0, 0.05) is 6.42 Å². The zero-order chi connectivity index (χ0) is 17.9. The number of rotatable bonds is 6. The number of ketones is 1. The standard InChI is InChI=1S/C18H22N2O4/c1-12-16(10-18(4,23)14(3)21)20(17(22)13(2)19-12)24-11-15-8-6-5-7-9-15/h5-9,23H,10-11H2,1-4H3. The molecule has 1 N–H and O–H groups in total. The minimum atomic E-state index is -1.59. The molecule has 6 nitrogen and oxygen atoms in total. The fourth-order valence-electron chi connectivity index (χ4n) is 2.28. The van der Waals surface area contributed by atoms with Crippen molar-refractivity contribution in [1.82, 2.24) is 9.71 Å². The Kier molecular flexibility index (Phi) is 5.19. The summed E-state index contributed by atoms with van der Waals surface area (Å²) in [6.07, 6.45) is -0.0501. The van der Waals surface area contributed by atoms with Crippen molar-refractivity contribution in [3.05, 3.63) is 63.3 Å². The van der Waals surface area contributed by atoms with E-state index in [-0.39, 0.29) is 18.8 Å². The molecule has 0 bridgehead atoms. The molecule has 0 aliphatic heterocycles. The van der Waals surface area contributed by atoms with Crippen LogP contribution in [0, 0.1) is 13.8 Å². The number of benzene rings is 1. The van der Waals surface area contributed by atoms with Crippen LogP contribution in [-0.2, 0) is 17.8 Å². The lowest BCUT2D eigenvalue weighted by molar-refractivity contribution is -0.133. The summed E-state index contributed by atoms with van der Waals surface area (Å²) in [5, 5.41) is 10.3. The normalized spacial score (nSPS) is 13.4. The molecule has 0 aliphatic carbocycles. The van der Waals surface area contributed by atoms with E-state index in [9.17, 15) is 14.7 Å². The van der Waals surface area contributed by atoms with Gasteiger partial charge in [-0.1, -0.05) is 30.3 Å². The van der Waals surface area contributed by atoms with Crippen LogP contribution in [0.15, 0.2) is 35.1 Å². The Bertz CT molecular complexity index is 795. The van der Waals surface area contributed by atoms with Gasteiger partial charge >= 0.3 is 5.56 Å². The molecule has 0 saturated heterocycles. The van der Waals surface area contributed by atoms with E-state index in [2.05, 4.69) is 4.98 Å². The molecule has 0 saturated carbocycles. The first-order valence-corrected chi connectivity index (χ1v) is 7.72. The SMILES string of the molecule is CC(=O)C(C)(O)Cc1c(C)nc(C)c(=O)n1OCc1ccccc1.